The van der Waals surface area contributed by atoms with Crippen LogP contribution < -0.4 is 5.32 Å². The second-order valence-corrected chi connectivity index (χ2v) is 4.42. The first-order chi connectivity index (χ1) is 9.40. The number of nitrogens with one attached hydrogen (secondary N) is 1. The van der Waals surface area contributed by atoms with E-state index in [4.69, 9.17) is 0 Å². The Hall–Kier alpha value is -2.26. The summed E-state index contributed by atoms with van der Waals surface area (Å²) in [6.45, 7) is 0. The van der Waals surface area contributed by atoms with E-state index >= 15 is 0 Å². The predicted molar refractivity (Wildman–Crippen MR) is 76.9 cm³/mol. The van der Waals surface area contributed by atoms with E-state index < -0.39 is 0 Å². The third-order valence-corrected chi connectivity index (χ3v) is 3.30. The zero-order chi connectivity index (χ0) is 13.1. The number of hydrogen-bond acceptors (Lipinski definition) is 3. The second-order valence-electron chi connectivity index (χ2n) is 4.42. The van der Waals surface area contributed by atoms with Gasteiger partial charge >= 0.3 is 0 Å². The molecule has 0 saturated heterocycles. The lowest BCUT2D eigenvalue weighted by atomic mass is 9.97. The van der Waals surface area contributed by atoms with Crippen molar-refractivity contribution < 1.29 is 0 Å². The van der Waals surface area contributed by atoms with E-state index in [0.29, 0.717) is 0 Å². The summed E-state index contributed by atoms with van der Waals surface area (Å²) in [6, 6.07) is 14.4. The average molecular weight is 249 g/mol. The highest BCUT2D eigenvalue weighted by Gasteiger charge is 2.15. The van der Waals surface area contributed by atoms with Crippen LogP contribution in [0.3, 0.4) is 0 Å². The topological polar surface area (TPSA) is 37.8 Å². The standard InChI is InChI=1S/C16H15N3/c1-17-16(15-7-2-3-9-19-15)14-6-4-5-12-11-18-10-8-13(12)14/h2-11,16-17H,1H3. The van der Waals surface area contributed by atoms with Crippen LogP contribution in [0.5, 0.6) is 0 Å². The molecule has 0 fully saturated rings. The van der Waals surface area contributed by atoms with E-state index in [1.54, 1.807) is 0 Å². The summed E-state index contributed by atoms with van der Waals surface area (Å²) in [5.74, 6) is 0. The minimum atomic E-state index is 0.0901. The molecule has 94 valence electrons. The fraction of sp³-hybridized carbons (Fsp3) is 0.125. The maximum absolute atomic E-state index is 4.45. The lowest BCUT2D eigenvalue weighted by Gasteiger charge is -2.18. The minimum absolute atomic E-state index is 0.0901. The van der Waals surface area contributed by atoms with Gasteiger partial charge in [0.25, 0.3) is 0 Å². The van der Waals surface area contributed by atoms with Gasteiger partial charge in [-0.3, -0.25) is 9.97 Å². The van der Waals surface area contributed by atoms with Crippen LogP contribution in [0.25, 0.3) is 10.8 Å². The Bertz CT molecular complexity index is 674. The molecule has 1 aromatic carbocycles. The molecule has 0 aliphatic carbocycles. The van der Waals surface area contributed by atoms with E-state index in [9.17, 15) is 0 Å². The molecule has 0 saturated carbocycles. The summed E-state index contributed by atoms with van der Waals surface area (Å²) < 4.78 is 0. The Balaban J connectivity index is 2.17. The van der Waals surface area contributed by atoms with Gasteiger partial charge in [0.05, 0.1) is 11.7 Å². The van der Waals surface area contributed by atoms with Gasteiger partial charge in [-0.1, -0.05) is 24.3 Å². The first-order valence-electron chi connectivity index (χ1n) is 6.31. The normalized spacial score (nSPS) is 12.5. The highest BCUT2D eigenvalue weighted by molar-refractivity contribution is 5.85. The van der Waals surface area contributed by atoms with Gasteiger partial charge < -0.3 is 5.32 Å². The molecule has 0 spiro atoms. The first-order valence-corrected chi connectivity index (χ1v) is 6.31. The number of hydrogen-bond donors (Lipinski definition) is 1. The highest BCUT2D eigenvalue weighted by atomic mass is 14.9. The molecule has 3 nitrogen and oxygen atoms in total. The molecular weight excluding hydrogens is 234 g/mol. The van der Waals surface area contributed by atoms with Crippen LogP contribution in [0.2, 0.25) is 0 Å². The Morgan fingerprint density at radius 1 is 1.00 bits per heavy atom. The van der Waals surface area contributed by atoms with Crippen LogP contribution in [0, 0.1) is 0 Å². The minimum Gasteiger partial charge on any atom is -0.308 e. The number of fused-ring (bicyclic) bond motifs is 1. The number of nitrogens with zero attached hydrogens (tertiary/aromatic N) is 2. The second kappa shape index (κ2) is 5.16. The number of aromatic nitrogens is 2. The molecule has 1 atom stereocenters. The molecule has 0 amide bonds. The first kappa shape index (κ1) is 11.8. The lowest BCUT2D eigenvalue weighted by Crippen LogP contribution is -2.19. The molecule has 2 heterocycles. The van der Waals surface area contributed by atoms with Gasteiger partial charge in [-0.25, -0.2) is 0 Å². The summed E-state index contributed by atoms with van der Waals surface area (Å²) in [7, 11) is 1.96. The SMILES string of the molecule is CNC(c1ccccn1)c1cccc2cnccc12. The zero-order valence-corrected chi connectivity index (χ0v) is 10.7. The summed E-state index contributed by atoms with van der Waals surface area (Å²) in [5.41, 5.74) is 2.25. The van der Waals surface area contributed by atoms with Crippen molar-refractivity contribution in [1.29, 1.82) is 0 Å². The monoisotopic (exact) mass is 249 g/mol. The van der Waals surface area contributed by atoms with Crippen molar-refractivity contribution in [3.8, 4) is 0 Å². The Morgan fingerprint density at radius 2 is 1.95 bits per heavy atom. The van der Waals surface area contributed by atoms with Crippen molar-refractivity contribution in [3.63, 3.8) is 0 Å². The zero-order valence-electron chi connectivity index (χ0n) is 10.7. The summed E-state index contributed by atoms with van der Waals surface area (Å²) >= 11 is 0. The van der Waals surface area contributed by atoms with Gasteiger partial charge in [-0.15, -0.1) is 0 Å². The van der Waals surface area contributed by atoms with Crippen LogP contribution in [-0.2, 0) is 0 Å². The smallest absolute Gasteiger partial charge is 0.0755 e. The highest BCUT2D eigenvalue weighted by Crippen LogP contribution is 2.27. The fourth-order valence-corrected chi connectivity index (χ4v) is 2.41. The van der Waals surface area contributed by atoms with E-state index in [0.717, 1.165) is 11.1 Å². The van der Waals surface area contributed by atoms with Gasteiger partial charge in [-0.2, -0.15) is 0 Å². The van der Waals surface area contributed by atoms with Crippen LogP contribution in [0.1, 0.15) is 17.3 Å². The predicted octanol–water partition coefficient (Wildman–Crippen LogP) is 2.94. The molecule has 0 aliphatic heterocycles. The summed E-state index contributed by atoms with van der Waals surface area (Å²) in [4.78, 5) is 8.63. The lowest BCUT2D eigenvalue weighted by molar-refractivity contribution is 0.676. The maximum Gasteiger partial charge on any atom is 0.0755 e. The molecule has 0 aliphatic rings. The van der Waals surface area contributed by atoms with Crippen LogP contribution in [-0.4, -0.2) is 17.0 Å². The van der Waals surface area contributed by atoms with Gasteiger partial charge in [0.2, 0.25) is 0 Å². The van der Waals surface area contributed by atoms with E-state index in [-0.39, 0.29) is 6.04 Å². The molecule has 3 heteroatoms. The summed E-state index contributed by atoms with van der Waals surface area (Å²) in [6.07, 6.45) is 5.55. The Morgan fingerprint density at radius 3 is 2.74 bits per heavy atom. The van der Waals surface area contributed by atoms with Gasteiger partial charge in [0, 0.05) is 24.0 Å². The number of benzene rings is 1. The Kier molecular flexibility index (Phi) is 3.21. The molecule has 1 unspecified atom stereocenters. The number of pyridine rings is 2. The molecule has 2 aromatic heterocycles. The fourth-order valence-electron chi connectivity index (χ4n) is 2.41. The van der Waals surface area contributed by atoms with Crippen molar-refractivity contribution in [2.75, 3.05) is 7.05 Å². The molecule has 19 heavy (non-hydrogen) atoms. The summed E-state index contributed by atoms with van der Waals surface area (Å²) in [5, 5.41) is 5.70. The van der Waals surface area contributed by atoms with E-state index in [2.05, 4.69) is 39.6 Å². The van der Waals surface area contributed by atoms with Gasteiger partial charge in [-0.05, 0) is 36.2 Å². The molecule has 0 radical (unpaired) electrons. The van der Waals surface area contributed by atoms with Crippen LogP contribution >= 0.6 is 0 Å². The van der Waals surface area contributed by atoms with Crippen molar-refractivity contribution in [2.45, 2.75) is 6.04 Å². The Labute approximate surface area is 112 Å². The van der Waals surface area contributed by atoms with Gasteiger partial charge in [0.15, 0.2) is 0 Å². The molecular formula is C16H15N3. The largest absolute Gasteiger partial charge is 0.308 e. The third-order valence-electron chi connectivity index (χ3n) is 3.30. The van der Waals surface area contributed by atoms with Crippen molar-refractivity contribution >= 4 is 10.8 Å². The molecule has 3 rings (SSSR count). The van der Waals surface area contributed by atoms with E-state index in [1.807, 2.05) is 43.8 Å². The average Bonchev–Trinajstić information content (AvgIpc) is 2.49. The molecule has 0 bridgehead atoms. The van der Waals surface area contributed by atoms with Crippen molar-refractivity contribution in [1.82, 2.24) is 15.3 Å². The quantitative estimate of drug-likeness (QED) is 0.775. The van der Waals surface area contributed by atoms with Gasteiger partial charge in [0.1, 0.15) is 0 Å². The van der Waals surface area contributed by atoms with Crippen LogP contribution in [0.15, 0.2) is 61.1 Å². The van der Waals surface area contributed by atoms with Crippen LogP contribution in [0.4, 0.5) is 0 Å². The van der Waals surface area contributed by atoms with Crippen molar-refractivity contribution in [2.24, 2.45) is 0 Å². The maximum atomic E-state index is 4.45. The number of rotatable bonds is 3. The molecule has 3 aromatic rings. The van der Waals surface area contributed by atoms with Crippen molar-refractivity contribution in [3.05, 3.63) is 72.3 Å². The molecule has 1 N–H and O–H groups in total. The third kappa shape index (κ3) is 2.20. The van der Waals surface area contributed by atoms with E-state index in [1.165, 1.54) is 10.9 Å².